The largest absolute Gasteiger partial charge is 0.508 e. The summed E-state index contributed by atoms with van der Waals surface area (Å²) in [5, 5.41) is 12.4. The van der Waals surface area contributed by atoms with Crippen LogP contribution in [-0.4, -0.2) is 17.2 Å². The first-order valence-electron chi connectivity index (χ1n) is 5.85. The molecule has 0 unspecified atom stereocenters. The summed E-state index contributed by atoms with van der Waals surface area (Å²) in [6.45, 7) is 1.08. The number of phenols is 1. The number of nitrogens with zero attached hydrogens (tertiary/aromatic N) is 1. The molecule has 1 heterocycles. The van der Waals surface area contributed by atoms with Gasteiger partial charge in [-0.15, -0.1) is 0 Å². The van der Waals surface area contributed by atoms with Gasteiger partial charge in [-0.2, -0.15) is 0 Å². The van der Waals surface area contributed by atoms with E-state index in [1.807, 2.05) is 12.1 Å². The van der Waals surface area contributed by atoms with Crippen molar-refractivity contribution in [3.63, 3.8) is 0 Å². The van der Waals surface area contributed by atoms with Gasteiger partial charge in [0.15, 0.2) is 0 Å². The molecule has 0 aliphatic heterocycles. The van der Waals surface area contributed by atoms with Gasteiger partial charge < -0.3 is 15.2 Å². The minimum atomic E-state index is -0.442. The number of nitrogens with one attached hydrogen (secondary N) is 1. The van der Waals surface area contributed by atoms with E-state index in [4.69, 9.17) is 4.74 Å². The van der Waals surface area contributed by atoms with Crippen molar-refractivity contribution in [3.05, 3.63) is 53.5 Å². The summed E-state index contributed by atoms with van der Waals surface area (Å²) < 4.78 is 18.1. The molecule has 5 heteroatoms. The molecule has 0 aliphatic carbocycles. The second-order valence-electron chi connectivity index (χ2n) is 4.13. The molecule has 4 nitrogen and oxygen atoms in total. The molecule has 0 spiro atoms. The Bertz CT molecular complexity index is 541. The average Bonchev–Trinajstić information content (AvgIpc) is 2.38. The topological polar surface area (TPSA) is 54.4 Å². The Morgan fingerprint density at radius 1 is 1.21 bits per heavy atom. The highest BCUT2D eigenvalue weighted by molar-refractivity contribution is 5.28. The van der Waals surface area contributed by atoms with Crippen LogP contribution in [0.1, 0.15) is 11.1 Å². The van der Waals surface area contributed by atoms with Crippen LogP contribution in [0.15, 0.2) is 36.5 Å². The number of aromatic hydroxyl groups is 1. The molecule has 0 radical (unpaired) electrons. The Morgan fingerprint density at radius 2 is 2.00 bits per heavy atom. The van der Waals surface area contributed by atoms with Crippen molar-refractivity contribution in [2.24, 2.45) is 0 Å². The van der Waals surface area contributed by atoms with Gasteiger partial charge in [-0.1, -0.05) is 0 Å². The van der Waals surface area contributed by atoms with Crippen LogP contribution < -0.4 is 10.1 Å². The number of methoxy groups -OCH3 is 1. The zero-order valence-electron chi connectivity index (χ0n) is 10.6. The Balaban J connectivity index is 1.92. The lowest BCUT2D eigenvalue weighted by Gasteiger charge is -2.07. The zero-order valence-corrected chi connectivity index (χ0v) is 10.6. The second-order valence-corrected chi connectivity index (χ2v) is 4.13. The van der Waals surface area contributed by atoms with Crippen LogP contribution in [0, 0.1) is 5.82 Å². The van der Waals surface area contributed by atoms with E-state index in [0.717, 1.165) is 11.6 Å². The summed E-state index contributed by atoms with van der Waals surface area (Å²) in [5.74, 6) is 0.0486. The van der Waals surface area contributed by atoms with Gasteiger partial charge in [-0.05, 0) is 29.3 Å². The quantitative estimate of drug-likeness (QED) is 0.867. The molecule has 2 rings (SSSR count). The summed E-state index contributed by atoms with van der Waals surface area (Å²) in [6.07, 6.45) is 1.67. The van der Waals surface area contributed by atoms with Crippen LogP contribution in [0.3, 0.4) is 0 Å². The van der Waals surface area contributed by atoms with Crippen molar-refractivity contribution in [3.8, 4) is 11.6 Å². The van der Waals surface area contributed by atoms with Gasteiger partial charge in [-0.3, -0.25) is 0 Å². The fourth-order valence-electron chi connectivity index (χ4n) is 1.76. The number of pyridine rings is 1. The van der Waals surface area contributed by atoms with Crippen molar-refractivity contribution in [2.75, 3.05) is 7.11 Å². The predicted molar refractivity (Wildman–Crippen MR) is 69.4 cm³/mol. The zero-order chi connectivity index (χ0) is 13.7. The molecule has 2 N–H and O–H groups in total. The number of rotatable bonds is 5. The number of hydrogen-bond donors (Lipinski definition) is 2. The molecule has 0 saturated heterocycles. The van der Waals surface area contributed by atoms with E-state index in [0.29, 0.717) is 24.5 Å². The monoisotopic (exact) mass is 262 g/mol. The SMILES string of the molecule is COc1cc(CNCc2cc(O)cc(F)c2)ccn1. The maximum atomic E-state index is 13.1. The summed E-state index contributed by atoms with van der Waals surface area (Å²) in [5.41, 5.74) is 1.71. The number of ether oxygens (including phenoxy) is 1. The lowest BCUT2D eigenvalue weighted by atomic mass is 10.2. The number of phenolic OH excluding ortho intramolecular Hbond substituents is 1. The van der Waals surface area contributed by atoms with Gasteiger partial charge in [0.1, 0.15) is 11.6 Å². The fourth-order valence-corrected chi connectivity index (χ4v) is 1.76. The molecule has 1 aromatic heterocycles. The molecule has 0 aliphatic rings. The van der Waals surface area contributed by atoms with E-state index >= 15 is 0 Å². The van der Waals surface area contributed by atoms with Crippen LogP contribution in [0.5, 0.6) is 11.6 Å². The van der Waals surface area contributed by atoms with Gasteiger partial charge in [0.05, 0.1) is 7.11 Å². The first kappa shape index (κ1) is 13.3. The molecular formula is C14H15FN2O2. The molecule has 0 amide bonds. The van der Waals surface area contributed by atoms with E-state index in [1.165, 1.54) is 12.1 Å². The Kier molecular flexibility index (Phi) is 4.30. The number of aromatic nitrogens is 1. The highest BCUT2D eigenvalue weighted by atomic mass is 19.1. The van der Waals surface area contributed by atoms with Crippen LogP contribution in [0.25, 0.3) is 0 Å². The average molecular weight is 262 g/mol. The van der Waals surface area contributed by atoms with E-state index in [1.54, 1.807) is 13.3 Å². The maximum Gasteiger partial charge on any atom is 0.213 e. The summed E-state index contributed by atoms with van der Waals surface area (Å²) in [7, 11) is 1.56. The van der Waals surface area contributed by atoms with Crippen LogP contribution in [0.2, 0.25) is 0 Å². The van der Waals surface area contributed by atoms with Gasteiger partial charge in [0.25, 0.3) is 0 Å². The summed E-state index contributed by atoms with van der Waals surface area (Å²) in [4.78, 5) is 4.01. The van der Waals surface area contributed by atoms with Crippen molar-refractivity contribution in [2.45, 2.75) is 13.1 Å². The normalized spacial score (nSPS) is 10.4. The molecule has 0 bridgehead atoms. The Labute approximate surface area is 110 Å². The molecular weight excluding hydrogens is 247 g/mol. The Morgan fingerprint density at radius 3 is 2.74 bits per heavy atom. The summed E-state index contributed by atoms with van der Waals surface area (Å²) in [6, 6.07) is 7.70. The molecule has 100 valence electrons. The summed E-state index contributed by atoms with van der Waals surface area (Å²) >= 11 is 0. The predicted octanol–water partition coefficient (Wildman–Crippen LogP) is 2.22. The number of halogens is 1. The van der Waals surface area contributed by atoms with Crippen molar-refractivity contribution >= 4 is 0 Å². The van der Waals surface area contributed by atoms with Crippen molar-refractivity contribution < 1.29 is 14.2 Å². The van der Waals surface area contributed by atoms with Crippen molar-refractivity contribution in [1.82, 2.24) is 10.3 Å². The van der Waals surface area contributed by atoms with Gasteiger partial charge >= 0.3 is 0 Å². The molecule has 0 atom stereocenters. The maximum absolute atomic E-state index is 13.1. The molecule has 19 heavy (non-hydrogen) atoms. The lowest BCUT2D eigenvalue weighted by Crippen LogP contribution is -2.13. The van der Waals surface area contributed by atoms with Crippen molar-refractivity contribution in [1.29, 1.82) is 0 Å². The van der Waals surface area contributed by atoms with Crippen LogP contribution in [0.4, 0.5) is 4.39 Å². The van der Waals surface area contributed by atoms with E-state index in [-0.39, 0.29) is 5.75 Å². The highest BCUT2D eigenvalue weighted by Gasteiger charge is 2.01. The van der Waals surface area contributed by atoms with Crippen LogP contribution >= 0.6 is 0 Å². The smallest absolute Gasteiger partial charge is 0.213 e. The van der Waals surface area contributed by atoms with E-state index in [9.17, 15) is 9.50 Å². The van der Waals surface area contributed by atoms with Gasteiger partial charge in [0.2, 0.25) is 5.88 Å². The van der Waals surface area contributed by atoms with Crippen LogP contribution in [-0.2, 0) is 13.1 Å². The van der Waals surface area contributed by atoms with Gasteiger partial charge in [-0.25, -0.2) is 9.37 Å². The number of hydrogen-bond acceptors (Lipinski definition) is 4. The molecule has 0 saturated carbocycles. The third kappa shape index (κ3) is 3.93. The molecule has 1 aromatic carbocycles. The lowest BCUT2D eigenvalue weighted by molar-refractivity contribution is 0.397. The second kappa shape index (κ2) is 6.15. The molecule has 2 aromatic rings. The minimum absolute atomic E-state index is 0.0672. The standard InChI is InChI=1S/C14H15FN2O2/c1-19-14-6-10(2-3-17-14)8-16-9-11-4-12(15)7-13(18)5-11/h2-7,16,18H,8-9H2,1H3. The van der Waals surface area contributed by atoms with Gasteiger partial charge in [0, 0.05) is 31.4 Å². The van der Waals surface area contributed by atoms with E-state index < -0.39 is 5.82 Å². The van der Waals surface area contributed by atoms with E-state index in [2.05, 4.69) is 10.3 Å². The third-order valence-corrected chi connectivity index (χ3v) is 2.61. The Hall–Kier alpha value is -2.14. The first-order valence-corrected chi connectivity index (χ1v) is 5.85. The molecule has 0 fully saturated rings. The fraction of sp³-hybridized carbons (Fsp3) is 0.214. The first-order chi connectivity index (χ1) is 9.17. The highest BCUT2D eigenvalue weighted by Crippen LogP contribution is 2.14. The number of benzene rings is 1. The minimum Gasteiger partial charge on any atom is -0.508 e. The third-order valence-electron chi connectivity index (χ3n) is 2.61.